The number of carbonyl (C=O) groups excluding carboxylic acids is 1. The highest BCUT2D eigenvalue weighted by Gasteiger charge is 2.29. The Bertz CT molecular complexity index is 1710. The summed E-state index contributed by atoms with van der Waals surface area (Å²) in [6.07, 6.45) is 0.870. The van der Waals surface area contributed by atoms with Crippen molar-refractivity contribution >= 4 is 44.3 Å². The second-order valence-corrected chi connectivity index (χ2v) is 12.0. The topological polar surface area (TPSA) is 152 Å². The van der Waals surface area contributed by atoms with E-state index in [0.29, 0.717) is 46.9 Å². The van der Waals surface area contributed by atoms with Crippen LogP contribution in [0.4, 0.5) is 17.3 Å². The molecule has 1 unspecified atom stereocenters. The predicted octanol–water partition coefficient (Wildman–Crippen LogP) is 3.36. The number of nitrogens with two attached hydrogens (primary N) is 1. The minimum Gasteiger partial charge on any atom is -0.497 e. The SMILES string of the molecule is COc1cc(Nc2nc3ccccc3nc2NS(=O)(=O)c2cccc(C(C(N)=O)N3CCCN(C)CC3)c2)cc(OC)c1. The van der Waals surface area contributed by atoms with Gasteiger partial charge in [-0.25, -0.2) is 18.4 Å². The Hall–Kier alpha value is -4.46. The molecule has 5 rings (SSSR count). The third-order valence-electron chi connectivity index (χ3n) is 7.29. The number of nitrogens with zero attached hydrogens (tertiary/aromatic N) is 4. The van der Waals surface area contributed by atoms with E-state index in [1.165, 1.54) is 26.4 Å². The lowest BCUT2D eigenvalue weighted by Crippen LogP contribution is -2.40. The molecule has 13 heteroatoms. The van der Waals surface area contributed by atoms with Crippen molar-refractivity contribution in [2.24, 2.45) is 5.73 Å². The van der Waals surface area contributed by atoms with Crippen molar-refractivity contribution in [1.82, 2.24) is 19.8 Å². The number of fused-ring (bicyclic) bond motifs is 1. The third kappa shape index (κ3) is 6.96. The van der Waals surface area contributed by atoms with Gasteiger partial charge in [0.1, 0.15) is 17.5 Å². The Morgan fingerprint density at radius 3 is 2.21 bits per heavy atom. The standard InChI is InChI=1S/C30H35N7O5S/c1-36-12-7-13-37(15-14-36)27(28(31)38)20-8-6-9-24(16-20)43(39,40)35-30-29(33-25-10-4-5-11-26(25)34-30)32-21-17-22(41-2)19-23(18-21)42-3/h4-6,8-11,16-19,27H,7,12-15H2,1-3H3,(H2,31,38)(H,32,33)(H,34,35). The number of benzene rings is 3. The minimum absolute atomic E-state index is 0.00658. The number of sulfonamides is 1. The average Bonchev–Trinajstić information content (AvgIpc) is 3.21. The summed E-state index contributed by atoms with van der Waals surface area (Å²) in [4.78, 5) is 26.0. The van der Waals surface area contributed by atoms with E-state index in [-0.39, 0.29) is 16.5 Å². The number of anilines is 3. The van der Waals surface area contributed by atoms with Gasteiger partial charge in [0.2, 0.25) is 5.91 Å². The summed E-state index contributed by atoms with van der Waals surface area (Å²) in [6, 6.07) is 17.8. The number of hydrogen-bond donors (Lipinski definition) is 3. The van der Waals surface area contributed by atoms with Crippen LogP contribution in [0.2, 0.25) is 0 Å². The second kappa shape index (κ2) is 12.8. The van der Waals surface area contributed by atoms with Crippen LogP contribution in [0.1, 0.15) is 18.0 Å². The molecule has 1 amide bonds. The molecule has 12 nitrogen and oxygen atoms in total. The van der Waals surface area contributed by atoms with Crippen molar-refractivity contribution in [1.29, 1.82) is 0 Å². The van der Waals surface area contributed by atoms with Crippen molar-refractivity contribution in [2.75, 3.05) is 57.5 Å². The highest BCUT2D eigenvalue weighted by atomic mass is 32.2. The van der Waals surface area contributed by atoms with Crippen LogP contribution in [-0.4, -0.2) is 81.5 Å². The van der Waals surface area contributed by atoms with Gasteiger partial charge in [-0.2, -0.15) is 0 Å². The van der Waals surface area contributed by atoms with E-state index in [9.17, 15) is 13.2 Å². The predicted molar refractivity (Wildman–Crippen MR) is 165 cm³/mol. The number of hydrogen-bond acceptors (Lipinski definition) is 10. The highest BCUT2D eigenvalue weighted by molar-refractivity contribution is 7.92. The van der Waals surface area contributed by atoms with Crippen molar-refractivity contribution in [3.05, 3.63) is 72.3 Å². The fourth-order valence-electron chi connectivity index (χ4n) is 5.09. The van der Waals surface area contributed by atoms with Gasteiger partial charge in [-0.1, -0.05) is 24.3 Å². The van der Waals surface area contributed by atoms with Crippen molar-refractivity contribution in [3.8, 4) is 11.5 Å². The smallest absolute Gasteiger partial charge is 0.263 e. The molecule has 1 aromatic heterocycles. The maximum atomic E-state index is 13.8. The van der Waals surface area contributed by atoms with Crippen molar-refractivity contribution in [3.63, 3.8) is 0 Å². The third-order valence-corrected chi connectivity index (χ3v) is 8.63. The molecule has 1 aliphatic heterocycles. The molecule has 4 aromatic rings. The summed E-state index contributed by atoms with van der Waals surface area (Å²) < 4.78 is 40.9. The fraction of sp³-hybridized carbons (Fsp3) is 0.300. The van der Waals surface area contributed by atoms with Crippen LogP contribution < -0.4 is 25.2 Å². The van der Waals surface area contributed by atoms with Crippen LogP contribution in [0.15, 0.2) is 71.6 Å². The molecule has 1 fully saturated rings. The van der Waals surface area contributed by atoms with Crippen LogP contribution in [0.5, 0.6) is 11.5 Å². The van der Waals surface area contributed by atoms with E-state index >= 15 is 0 Å². The molecule has 4 N–H and O–H groups in total. The van der Waals surface area contributed by atoms with Gasteiger partial charge >= 0.3 is 0 Å². The molecule has 226 valence electrons. The van der Waals surface area contributed by atoms with Gasteiger partial charge in [-0.15, -0.1) is 0 Å². The molecule has 43 heavy (non-hydrogen) atoms. The lowest BCUT2D eigenvalue weighted by molar-refractivity contribution is -0.123. The van der Waals surface area contributed by atoms with Gasteiger partial charge in [0, 0.05) is 43.5 Å². The van der Waals surface area contributed by atoms with E-state index in [2.05, 4.69) is 24.9 Å². The summed E-state index contributed by atoms with van der Waals surface area (Å²) in [5.41, 5.74) is 7.98. The molecule has 1 saturated heterocycles. The lowest BCUT2D eigenvalue weighted by Gasteiger charge is -2.28. The van der Waals surface area contributed by atoms with Gasteiger partial charge < -0.3 is 25.4 Å². The summed E-state index contributed by atoms with van der Waals surface area (Å²) in [5.74, 6) is 0.710. The molecule has 0 spiro atoms. The number of likely N-dealkylation sites (N-methyl/N-ethyl adjacent to an activating group) is 1. The molecule has 1 aliphatic rings. The van der Waals surface area contributed by atoms with Crippen molar-refractivity contribution < 1.29 is 22.7 Å². The molecule has 0 saturated carbocycles. The zero-order valence-corrected chi connectivity index (χ0v) is 25.1. The molecule has 2 heterocycles. The Labute approximate surface area is 250 Å². The van der Waals surface area contributed by atoms with Gasteiger partial charge in [-0.3, -0.25) is 14.4 Å². The first-order valence-electron chi connectivity index (χ1n) is 13.8. The molecule has 0 radical (unpaired) electrons. The average molecular weight is 606 g/mol. The molecular formula is C30H35N7O5S. The number of rotatable bonds is 10. The molecule has 3 aromatic carbocycles. The quantitative estimate of drug-likeness (QED) is 0.245. The number of amides is 1. The van der Waals surface area contributed by atoms with Gasteiger partial charge in [0.15, 0.2) is 11.6 Å². The Kier molecular flexibility index (Phi) is 8.94. The first-order chi connectivity index (χ1) is 20.7. The highest BCUT2D eigenvalue weighted by Crippen LogP contribution is 2.32. The Morgan fingerprint density at radius 2 is 1.56 bits per heavy atom. The first-order valence-corrected chi connectivity index (χ1v) is 15.3. The number of ether oxygens (including phenoxy) is 2. The second-order valence-electron chi connectivity index (χ2n) is 10.3. The Morgan fingerprint density at radius 1 is 0.884 bits per heavy atom. The van der Waals surface area contributed by atoms with Gasteiger partial charge in [-0.05, 0) is 49.8 Å². The van der Waals surface area contributed by atoms with Crippen LogP contribution >= 0.6 is 0 Å². The van der Waals surface area contributed by atoms with Crippen LogP contribution in [0, 0.1) is 0 Å². The lowest BCUT2D eigenvalue weighted by atomic mass is 10.0. The van der Waals surface area contributed by atoms with Crippen LogP contribution in [-0.2, 0) is 14.8 Å². The van der Waals surface area contributed by atoms with E-state index < -0.39 is 22.0 Å². The van der Waals surface area contributed by atoms with Gasteiger partial charge in [0.05, 0.1) is 30.1 Å². The fourth-order valence-corrected chi connectivity index (χ4v) is 6.16. The number of para-hydroxylation sites is 2. The summed E-state index contributed by atoms with van der Waals surface area (Å²) in [7, 11) is 0.937. The normalized spacial score (nSPS) is 15.4. The van der Waals surface area contributed by atoms with E-state index in [4.69, 9.17) is 15.2 Å². The first kappa shape index (κ1) is 30.0. The van der Waals surface area contributed by atoms with Crippen LogP contribution in [0.3, 0.4) is 0 Å². The number of methoxy groups -OCH3 is 2. The van der Waals surface area contributed by atoms with E-state index in [0.717, 1.165) is 19.5 Å². The molecule has 1 atom stereocenters. The molecule has 0 aliphatic carbocycles. The number of aromatic nitrogens is 2. The van der Waals surface area contributed by atoms with Gasteiger partial charge in [0.25, 0.3) is 10.0 Å². The van der Waals surface area contributed by atoms with Crippen LogP contribution in [0.25, 0.3) is 11.0 Å². The maximum Gasteiger partial charge on any atom is 0.263 e. The van der Waals surface area contributed by atoms with Crippen molar-refractivity contribution in [2.45, 2.75) is 17.4 Å². The Balaban J connectivity index is 1.50. The molecular weight excluding hydrogens is 570 g/mol. The molecule has 0 bridgehead atoms. The maximum absolute atomic E-state index is 13.8. The number of nitrogens with one attached hydrogen (secondary N) is 2. The minimum atomic E-state index is -4.17. The summed E-state index contributed by atoms with van der Waals surface area (Å²) in [5, 5.41) is 3.15. The zero-order chi connectivity index (χ0) is 30.6. The summed E-state index contributed by atoms with van der Waals surface area (Å²) >= 11 is 0. The van der Waals surface area contributed by atoms with E-state index in [1.807, 2.05) is 18.0 Å². The monoisotopic (exact) mass is 605 g/mol. The summed E-state index contributed by atoms with van der Waals surface area (Å²) in [6.45, 7) is 2.99. The number of carbonyl (C=O) groups is 1. The largest absolute Gasteiger partial charge is 0.497 e. The number of primary amides is 1. The van der Waals surface area contributed by atoms with E-state index in [1.54, 1.807) is 48.5 Å². The zero-order valence-electron chi connectivity index (χ0n) is 24.3.